The van der Waals surface area contributed by atoms with E-state index in [-0.39, 0.29) is 0 Å². The van der Waals surface area contributed by atoms with Crippen LogP contribution in [0.4, 0.5) is 0 Å². The molecule has 0 aliphatic heterocycles. The molecule has 0 spiro atoms. The Hall–Kier alpha value is -8.79. The number of fused-ring (bicyclic) bond motifs is 6. The highest BCUT2D eigenvalue weighted by Gasteiger charge is 2.21. The second-order valence-corrected chi connectivity index (χ2v) is 17.0. The van der Waals surface area contributed by atoms with Gasteiger partial charge in [-0.3, -0.25) is 0 Å². The van der Waals surface area contributed by atoms with Crippen molar-refractivity contribution in [2.24, 2.45) is 0 Å². The zero-order chi connectivity index (χ0) is 43.6. The minimum atomic E-state index is 0.625. The van der Waals surface area contributed by atoms with E-state index in [1.807, 2.05) is 0 Å². The molecule has 0 saturated carbocycles. The van der Waals surface area contributed by atoms with Gasteiger partial charge in [0.2, 0.25) is 0 Å². The van der Waals surface area contributed by atoms with E-state index in [9.17, 15) is 0 Å². The van der Waals surface area contributed by atoms with E-state index in [1.165, 1.54) is 65.7 Å². The van der Waals surface area contributed by atoms with Gasteiger partial charge in [0, 0.05) is 16.7 Å². The topological polar surface area (TPSA) is 38.7 Å². The number of aromatic nitrogens is 3. The molecular formula is C63H39N3. The second kappa shape index (κ2) is 15.5. The first-order valence-corrected chi connectivity index (χ1v) is 22.5. The van der Waals surface area contributed by atoms with Crippen LogP contribution in [0.25, 0.3) is 132 Å². The molecule has 13 aromatic rings. The fourth-order valence-electron chi connectivity index (χ4n) is 10.3. The van der Waals surface area contributed by atoms with Gasteiger partial charge in [0.25, 0.3) is 0 Å². The molecular weight excluding hydrogens is 799 g/mol. The van der Waals surface area contributed by atoms with Gasteiger partial charge < -0.3 is 0 Å². The summed E-state index contributed by atoms with van der Waals surface area (Å²) in [5.74, 6) is 1.88. The van der Waals surface area contributed by atoms with Crippen LogP contribution < -0.4 is 0 Å². The number of nitrogens with zero attached hydrogens (tertiary/aromatic N) is 3. The van der Waals surface area contributed by atoms with Crippen LogP contribution in [0.3, 0.4) is 0 Å². The summed E-state index contributed by atoms with van der Waals surface area (Å²) in [5.41, 5.74) is 9.96. The maximum Gasteiger partial charge on any atom is 0.164 e. The van der Waals surface area contributed by atoms with Crippen molar-refractivity contribution >= 4 is 64.6 Å². The van der Waals surface area contributed by atoms with Gasteiger partial charge in [-0.05, 0) is 116 Å². The lowest BCUT2D eigenvalue weighted by molar-refractivity contribution is 1.08. The lowest BCUT2D eigenvalue weighted by Crippen LogP contribution is -2.02. The smallest absolute Gasteiger partial charge is 0.164 e. The molecule has 12 aromatic carbocycles. The Morgan fingerprint density at radius 1 is 0.152 bits per heavy atom. The molecule has 3 heteroatoms. The van der Waals surface area contributed by atoms with Crippen LogP contribution in [-0.4, -0.2) is 15.0 Å². The summed E-state index contributed by atoms with van der Waals surface area (Å²) in [6.45, 7) is 0. The van der Waals surface area contributed by atoms with Crippen molar-refractivity contribution in [3.63, 3.8) is 0 Å². The minimum absolute atomic E-state index is 0.625. The average Bonchev–Trinajstić information content (AvgIpc) is 3.39. The first-order chi connectivity index (χ1) is 32.7. The van der Waals surface area contributed by atoms with E-state index >= 15 is 0 Å². The van der Waals surface area contributed by atoms with E-state index in [4.69, 9.17) is 15.0 Å². The highest BCUT2D eigenvalue weighted by Crippen LogP contribution is 2.43. The zero-order valence-electron chi connectivity index (χ0n) is 35.9. The van der Waals surface area contributed by atoms with Gasteiger partial charge in [-0.2, -0.15) is 0 Å². The maximum absolute atomic E-state index is 5.46. The van der Waals surface area contributed by atoms with Gasteiger partial charge in [-0.1, -0.05) is 218 Å². The van der Waals surface area contributed by atoms with E-state index in [0.29, 0.717) is 17.5 Å². The van der Waals surface area contributed by atoms with Crippen LogP contribution in [0.5, 0.6) is 0 Å². The predicted molar refractivity (Wildman–Crippen MR) is 277 cm³/mol. The zero-order valence-corrected chi connectivity index (χ0v) is 35.9. The first kappa shape index (κ1) is 37.7. The van der Waals surface area contributed by atoms with Gasteiger partial charge in [0.05, 0.1) is 0 Å². The molecule has 0 fully saturated rings. The highest BCUT2D eigenvalue weighted by molar-refractivity contribution is 6.12. The monoisotopic (exact) mass is 837 g/mol. The van der Waals surface area contributed by atoms with Crippen LogP contribution in [0.2, 0.25) is 0 Å². The maximum atomic E-state index is 5.46. The van der Waals surface area contributed by atoms with Crippen LogP contribution in [0.1, 0.15) is 0 Å². The third kappa shape index (κ3) is 6.17. The van der Waals surface area contributed by atoms with Gasteiger partial charge in [0.1, 0.15) is 0 Å². The summed E-state index contributed by atoms with van der Waals surface area (Å²) in [6, 6.07) is 84.8. The van der Waals surface area contributed by atoms with Crippen molar-refractivity contribution in [1.29, 1.82) is 0 Å². The molecule has 0 amide bonds. The summed E-state index contributed by atoms with van der Waals surface area (Å²) in [4.78, 5) is 16.4. The van der Waals surface area contributed by atoms with Crippen molar-refractivity contribution < 1.29 is 0 Å². The molecule has 0 atom stereocenters. The number of benzene rings is 12. The van der Waals surface area contributed by atoms with Crippen molar-refractivity contribution in [3.8, 4) is 67.5 Å². The highest BCUT2D eigenvalue weighted by atomic mass is 15.0. The fraction of sp³-hybridized carbons (Fsp3) is 0. The average molecular weight is 838 g/mol. The summed E-state index contributed by atoms with van der Waals surface area (Å²) in [5, 5.41) is 14.0. The molecule has 0 saturated heterocycles. The SMILES string of the molecule is c1ccc2c(-c3ccc(-c4nc(-c5ccc(-c6cccc7ccccc67)c6ccccc56)nc(-c5ccc(-c6cccc7ccccc67)c6ccccc56)n4)c4ccccc34)cccc2c1. The van der Waals surface area contributed by atoms with E-state index in [2.05, 4.69) is 237 Å². The van der Waals surface area contributed by atoms with Crippen molar-refractivity contribution in [2.45, 2.75) is 0 Å². The Morgan fingerprint density at radius 3 is 0.636 bits per heavy atom. The van der Waals surface area contributed by atoms with Gasteiger partial charge >= 0.3 is 0 Å². The quantitative estimate of drug-likeness (QED) is 0.167. The molecule has 1 heterocycles. The first-order valence-electron chi connectivity index (χ1n) is 22.5. The summed E-state index contributed by atoms with van der Waals surface area (Å²) < 4.78 is 0. The molecule has 1 aromatic heterocycles. The lowest BCUT2D eigenvalue weighted by Gasteiger charge is -2.17. The lowest BCUT2D eigenvalue weighted by atomic mass is 9.91. The second-order valence-electron chi connectivity index (χ2n) is 17.0. The summed E-state index contributed by atoms with van der Waals surface area (Å²) in [6.07, 6.45) is 0. The van der Waals surface area contributed by atoms with E-state index in [0.717, 1.165) is 49.0 Å². The summed E-state index contributed by atoms with van der Waals surface area (Å²) >= 11 is 0. The van der Waals surface area contributed by atoms with E-state index in [1.54, 1.807) is 0 Å². The normalized spacial score (nSPS) is 11.6. The van der Waals surface area contributed by atoms with Crippen LogP contribution in [-0.2, 0) is 0 Å². The van der Waals surface area contributed by atoms with Crippen LogP contribution >= 0.6 is 0 Å². The standard InChI is InChI=1S/C63H39N3/c1-4-22-43-40(16-1)19-13-31-46(43)55-34-37-58(52-28-10-7-25-49(52)55)61-64-62(59-38-35-56(50-26-8-11-29-53(50)59)47-32-14-20-41-17-2-5-23-44(41)47)66-63(65-61)60-39-36-57(51-27-9-12-30-54(51)60)48-33-15-21-42-18-3-6-24-45(42)48/h1-39H. The van der Waals surface area contributed by atoms with Gasteiger partial charge in [-0.15, -0.1) is 0 Å². The number of hydrogen-bond donors (Lipinski definition) is 0. The van der Waals surface area contributed by atoms with Crippen LogP contribution in [0, 0.1) is 0 Å². The Labute approximate surface area is 382 Å². The Balaban J connectivity index is 1.06. The van der Waals surface area contributed by atoms with Crippen molar-refractivity contribution in [1.82, 2.24) is 15.0 Å². The van der Waals surface area contributed by atoms with Gasteiger partial charge in [-0.25, -0.2) is 15.0 Å². The number of rotatable bonds is 6. The predicted octanol–water partition coefficient (Wildman–Crippen LogP) is 16.8. The van der Waals surface area contributed by atoms with Crippen LogP contribution in [0.15, 0.2) is 237 Å². The van der Waals surface area contributed by atoms with E-state index < -0.39 is 0 Å². The molecule has 0 radical (unpaired) electrons. The Morgan fingerprint density at radius 2 is 0.348 bits per heavy atom. The molecule has 66 heavy (non-hydrogen) atoms. The molecule has 3 nitrogen and oxygen atoms in total. The molecule has 0 bridgehead atoms. The van der Waals surface area contributed by atoms with Gasteiger partial charge in [0.15, 0.2) is 17.5 Å². The molecule has 0 N–H and O–H groups in total. The largest absolute Gasteiger partial charge is 0.208 e. The Bertz CT molecular complexity index is 3630. The fourth-order valence-corrected chi connectivity index (χ4v) is 10.3. The van der Waals surface area contributed by atoms with Crippen molar-refractivity contribution in [2.75, 3.05) is 0 Å². The third-order valence-corrected chi connectivity index (χ3v) is 13.4. The molecule has 0 unspecified atom stereocenters. The number of hydrogen-bond acceptors (Lipinski definition) is 3. The third-order valence-electron chi connectivity index (χ3n) is 13.4. The molecule has 0 aliphatic carbocycles. The summed E-state index contributed by atoms with van der Waals surface area (Å²) in [7, 11) is 0. The Kier molecular flexibility index (Phi) is 8.85. The molecule has 306 valence electrons. The van der Waals surface area contributed by atoms with Crippen molar-refractivity contribution in [3.05, 3.63) is 237 Å². The molecule has 13 rings (SSSR count). The molecule has 0 aliphatic rings. The minimum Gasteiger partial charge on any atom is -0.208 e.